The molecule has 3 aromatic rings. The van der Waals surface area contributed by atoms with Crippen LogP contribution in [0.2, 0.25) is 0 Å². The van der Waals surface area contributed by atoms with E-state index in [4.69, 9.17) is 4.74 Å². The molecule has 5 nitrogen and oxygen atoms in total. The highest BCUT2D eigenvalue weighted by Crippen LogP contribution is 2.28. The standard InChI is InChI=1S/C25H25NO4S/c1-31(28,29)22-13-11-19(12-14-22)18-7-9-21(10-8-18)25(27)30-24-17-26-16-15-23(24)20-5-3-2-4-6-20/h2-14,23-24,26H,15-17H2,1H3/t23-,24+/m1/s1. The summed E-state index contributed by atoms with van der Waals surface area (Å²) in [7, 11) is -3.22. The Bertz CT molecular complexity index is 1140. The molecule has 1 fully saturated rings. The number of hydrogen-bond donors (Lipinski definition) is 1. The van der Waals surface area contributed by atoms with Crippen LogP contribution in [0, 0.1) is 0 Å². The lowest BCUT2D eigenvalue weighted by atomic mass is 9.88. The van der Waals surface area contributed by atoms with Gasteiger partial charge in [-0.25, -0.2) is 13.2 Å². The van der Waals surface area contributed by atoms with Crippen LogP contribution in [0.3, 0.4) is 0 Å². The van der Waals surface area contributed by atoms with Crippen molar-refractivity contribution >= 4 is 15.8 Å². The van der Waals surface area contributed by atoms with E-state index < -0.39 is 9.84 Å². The Balaban J connectivity index is 1.47. The number of sulfone groups is 1. The molecular weight excluding hydrogens is 410 g/mol. The predicted molar refractivity (Wildman–Crippen MR) is 121 cm³/mol. The SMILES string of the molecule is CS(=O)(=O)c1ccc(-c2ccc(C(=O)O[C@H]3CNCC[C@@H]3c3ccccc3)cc2)cc1. The van der Waals surface area contributed by atoms with E-state index in [1.54, 1.807) is 36.4 Å². The Kier molecular flexibility index (Phi) is 6.20. The Labute approximate surface area is 183 Å². The third-order valence-corrected chi connectivity index (χ3v) is 6.78. The smallest absolute Gasteiger partial charge is 0.338 e. The number of ether oxygens (including phenoxy) is 1. The second kappa shape index (κ2) is 9.04. The molecule has 1 aliphatic rings. The third-order valence-electron chi connectivity index (χ3n) is 5.65. The van der Waals surface area contributed by atoms with Gasteiger partial charge in [-0.15, -0.1) is 0 Å². The lowest BCUT2D eigenvalue weighted by molar-refractivity contribution is 0.0182. The largest absolute Gasteiger partial charge is 0.457 e. The summed E-state index contributed by atoms with van der Waals surface area (Å²) in [6.07, 6.45) is 1.89. The number of nitrogens with one attached hydrogen (secondary N) is 1. The monoisotopic (exact) mass is 435 g/mol. The molecule has 0 spiro atoms. The van der Waals surface area contributed by atoms with Gasteiger partial charge in [-0.2, -0.15) is 0 Å². The van der Waals surface area contributed by atoms with E-state index in [0.717, 1.165) is 24.1 Å². The summed E-state index contributed by atoms with van der Waals surface area (Å²) < 4.78 is 29.1. The van der Waals surface area contributed by atoms with Crippen molar-refractivity contribution in [2.24, 2.45) is 0 Å². The maximum Gasteiger partial charge on any atom is 0.338 e. The van der Waals surface area contributed by atoms with Crippen molar-refractivity contribution in [1.82, 2.24) is 5.32 Å². The summed E-state index contributed by atoms with van der Waals surface area (Å²) in [6, 6.07) is 24.1. The molecule has 0 amide bonds. The summed E-state index contributed by atoms with van der Waals surface area (Å²) in [4.78, 5) is 13.1. The van der Waals surface area contributed by atoms with Crippen LogP contribution < -0.4 is 5.32 Å². The first-order valence-electron chi connectivity index (χ1n) is 10.3. The highest BCUT2D eigenvalue weighted by atomic mass is 32.2. The van der Waals surface area contributed by atoms with Crippen molar-refractivity contribution in [1.29, 1.82) is 0 Å². The first kappa shape index (κ1) is 21.3. The summed E-state index contributed by atoms with van der Waals surface area (Å²) in [5, 5.41) is 3.32. The Morgan fingerprint density at radius 1 is 0.903 bits per heavy atom. The van der Waals surface area contributed by atoms with Crippen LogP contribution in [-0.2, 0) is 14.6 Å². The van der Waals surface area contributed by atoms with E-state index in [1.165, 1.54) is 11.8 Å². The molecule has 0 radical (unpaired) electrons. The second-order valence-corrected chi connectivity index (χ2v) is 9.84. The van der Waals surface area contributed by atoms with Crippen LogP contribution >= 0.6 is 0 Å². The zero-order valence-corrected chi connectivity index (χ0v) is 18.1. The molecule has 0 bridgehead atoms. The lowest BCUT2D eigenvalue weighted by Gasteiger charge is -2.32. The maximum atomic E-state index is 12.8. The summed E-state index contributed by atoms with van der Waals surface area (Å²) in [5.41, 5.74) is 3.47. The normalized spacial score (nSPS) is 19.0. The van der Waals surface area contributed by atoms with Gasteiger partial charge in [-0.3, -0.25) is 0 Å². The van der Waals surface area contributed by atoms with Crippen LogP contribution in [0.15, 0.2) is 83.8 Å². The maximum absolute atomic E-state index is 12.8. The van der Waals surface area contributed by atoms with E-state index in [0.29, 0.717) is 12.1 Å². The summed E-state index contributed by atoms with van der Waals surface area (Å²) in [6.45, 7) is 1.54. The summed E-state index contributed by atoms with van der Waals surface area (Å²) >= 11 is 0. The highest BCUT2D eigenvalue weighted by molar-refractivity contribution is 7.90. The van der Waals surface area contributed by atoms with Crippen LogP contribution in [0.1, 0.15) is 28.3 Å². The molecule has 0 aromatic heterocycles. The molecule has 31 heavy (non-hydrogen) atoms. The predicted octanol–water partition coefficient (Wildman–Crippen LogP) is 4.06. The van der Waals surface area contributed by atoms with Gasteiger partial charge in [0.15, 0.2) is 9.84 Å². The highest BCUT2D eigenvalue weighted by Gasteiger charge is 2.29. The molecule has 0 saturated carbocycles. The van der Waals surface area contributed by atoms with E-state index in [9.17, 15) is 13.2 Å². The zero-order chi connectivity index (χ0) is 21.8. The molecule has 1 N–H and O–H groups in total. The van der Waals surface area contributed by atoms with Crippen LogP contribution in [0.25, 0.3) is 11.1 Å². The Morgan fingerprint density at radius 3 is 2.13 bits per heavy atom. The van der Waals surface area contributed by atoms with Crippen LogP contribution in [0.4, 0.5) is 0 Å². The van der Waals surface area contributed by atoms with Gasteiger partial charge >= 0.3 is 5.97 Å². The Morgan fingerprint density at radius 2 is 1.52 bits per heavy atom. The summed E-state index contributed by atoms with van der Waals surface area (Å²) in [5.74, 6) is -0.160. The van der Waals surface area contributed by atoms with Crippen LogP contribution in [0.5, 0.6) is 0 Å². The first-order valence-corrected chi connectivity index (χ1v) is 12.2. The molecule has 6 heteroatoms. The number of benzene rings is 3. The number of hydrogen-bond acceptors (Lipinski definition) is 5. The van der Waals surface area contributed by atoms with Crippen molar-refractivity contribution in [2.75, 3.05) is 19.3 Å². The fourth-order valence-electron chi connectivity index (χ4n) is 3.93. The van der Waals surface area contributed by atoms with E-state index in [1.807, 2.05) is 30.3 Å². The fourth-order valence-corrected chi connectivity index (χ4v) is 4.56. The zero-order valence-electron chi connectivity index (χ0n) is 17.3. The fraction of sp³-hybridized carbons (Fsp3) is 0.240. The molecular formula is C25H25NO4S. The van der Waals surface area contributed by atoms with E-state index >= 15 is 0 Å². The molecule has 160 valence electrons. The molecule has 1 saturated heterocycles. The van der Waals surface area contributed by atoms with Gasteiger partial charge in [-0.05, 0) is 53.9 Å². The second-order valence-electron chi connectivity index (χ2n) is 7.83. The van der Waals surface area contributed by atoms with Gasteiger partial charge in [-0.1, -0.05) is 54.6 Å². The minimum absolute atomic E-state index is 0.180. The topological polar surface area (TPSA) is 72.5 Å². The number of carbonyl (C=O) groups excluding carboxylic acids is 1. The minimum atomic E-state index is -3.22. The van der Waals surface area contributed by atoms with Crippen LogP contribution in [-0.4, -0.2) is 39.8 Å². The molecule has 2 atom stereocenters. The average Bonchev–Trinajstić information content (AvgIpc) is 2.80. The number of carbonyl (C=O) groups is 1. The van der Waals surface area contributed by atoms with Gasteiger partial charge in [0.2, 0.25) is 0 Å². The van der Waals surface area contributed by atoms with Crippen molar-refractivity contribution in [3.05, 3.63) is 90.0 Å². The van der Waals surface area contributed by atoms with Gasteiger partial charge < -0.3 is 10.1 Å². The molecule has 0 aliphatic carbocycles. The molecule has 1 heterocycles. The van der Waals surface area contributed by atoms with Crippen molar-refractivity contribution in [2.45, 2.75) is 23.3 Å². The van der Waals surface area contributed by atoms with Gasteiger partial charge in [0.05, 0.1) is 10.5 Å². The van der Waals surface area contributed by atoms with E-state index in [2.05, 4.69) is 17.4 Å². The molecule has 0 unspecified atom stereocenters. The Hall–Kier alpha value is -2.96. The van der Waals surface area contributed by atoms with Gasteiger partial charge in [0.25, 0.3) is 0 Å². The average molecular weight is 436 g/mol. The van der Waals surface area contributed by atoms with Gasteiger partial charge in [0.1, 0.15) is 6.10 Å². The lowest BCUT2D eigenvalue weighted by Crippen LogP contribution is -2.42. The number of rotatable bonds is 5. The molecule has 1 aliphatic heterocycles. The first-order chi connectivity index (χ1) is 14.9. The van der Waals surface area contributed by atoms with Crippen molar-refractivity contribution in [3.8, 4) is 11.1 Å². The molecule has 3 aromatic carbocycles. The number of esters is 1. The van der Waals surface area contributed by atoms with Gasteiger partial charge in [0, 0.05) is 18.7 Å². The molecule has 4 rings (SSSR count). The van der Waals surface area contributed by atoms with Crippen molar-refractivity contribution < 1.29 is 17.9 Å². The third kappa shape index (κ3) is 5.03. The van der Waals surface area contributed by atoms with E-state index in [-0.39, 0.29) is 22.9 Å². The number of piperidine rings is 1. The quantitative estimate of drug-likeness (QED) is 0.612. The van der Waals surface area contributed by atoms with Crippen molar-refractivity contribution in [3.63, 3.8) is 0 Å². The minimum Gasteiger partial charge on any atom is -0.457 e.